The second-order valence-electron chi connectivity index (χ2n) is 8.35. The second-order valence-corrected chi connectivity index (χ2v) is 8.35. The van der Waals surface area contributed by atoms with Gasteiger partial charge in [0.15, 0.2) is 0 Å². The third kappa shape index (κ3) is 5.57. The summed E-state index contributed by atoms with van der Waals surface area (Å²) in [6.07, 6.45) is 1.51. The third-order valence-electron chi connectivity index (χ3n) is 5.99. The third-order valence-corrected chi connectivity index (χ3v) is 5.99. The number of rotatable bonds is 10. The highest BCUT2D eigenvalue weighted by molar-refractivity contribution is 5.94. The molecule has 6 nitrogen and oxygen atoms in total. The normalized spacial score (nSPS) is 10.9. The van der Waals surface area contributed by atoms with Crippen molar-refractivity contribution in [3.63, 3.8) is 0 Å². The van der Waals surface area contributed by atoms with Crippen LogP contribution in [0.4, 0.5) is 0 Å². The molecule has 1 amide bonds. The molecule has 1 N–H and O–H groups in total. The summed E-state index contributed by atoms with van der Waals surface area (Å²) >= 11 is 0. The molecule has 0 bridgehead atoms. The Bertz CT molecular complexity index is 1260. The first-order chi connectivity index (χ1) is 16.5. The van der Waals surface area contributed by atoms with Crippen molar-refractivity contribution in [3.05, 3.63) is 89.2 Å². The molecule has 0 saturated heterocycles. The van der Waals surface area contributed by atoms with Crippen LogP contribution in [0.5, 0.6) is 11.5 Å². The number of benzene rings is 3. The number of para-hydroxylation sites is 2. The maximum Gasteiger partial charge on any atom is 0.251 e. The van der Waals surface area contributed by atoms with Crippen LogP contribution in [-0.4, -0.2) is 35.7 Å². The van der Waals surface area contributed by atoms with Crippen LogP contribution in [0.25, 0.3) is 11.0 Å². The lowest BCUT2D eigenvalue weighted by atomic mass is 10.1. The lowest BCUT2D eigenvalue weighted by Gasteiger charge is -2.12. The van der Waals surface area contributed by atoms with Crippen LogP contribution in [0.3, 0.4) is 0 Å². The van der Waals surface area contributed by atoms with E-state index in [2.05, 4.69) is 41.9 Å². The Morgan fingerprint density at radius 2 is 1.74 bits per heavy atom. The molecule has 4 rings (SSSR count). The van der Waals surface area contributed by atoms with Crippen LogP contribution >= 0.6 is 0 Å². The van der Waals surface area contributed by atoms with Gasteiger partial charge in [0.2, 0.25) is 0 Å². The van der Waals surface area contributed by atoms with Crippen molar-refractivity contribution in [2.75, 3.05) is 20.3 Å². The number of carbonyl (C=O) groups excluding carboxylic acids is 1. The van der Waals surface area contributed by atoms with E-state index in [4.69, 9.17) is 14.5 Å². The first-order valence-electron chi connectivity index (χ1n) is 11.6. The summed E-state index contributed by atoms with van der Waals surface area (Å²) in [5.41, 5.74) is 5.18. The van der Waals surface area contributed by atoms with Crippen molar-refractivity contribution in [2.45, 2.75) is 33.2 Å². The van der Waals surface area contributed by atoms with Crippen LogP contribution in [0.1, 0.15) is 33.7 Å². The fourth-order valence-electron chi connectivity index (χ4n) is 3.91. The Labute approximate surface area is 200 Å². The zero-order valence-electron chi connectivity index (χ0n) is 20.0. The van der Waals surface area contributed by atoms with Gasteiger partial charge in [0.1, 0.15) is 17.3 Å². The number of ether oxygens (including phenoxy) is 2. The van der Waals surface area contributed by atoms with Crippen molar-refractivity contribution >= 4 is 16.9 Å². The number of aryl methyl sites for hydroxylation is 3. The van der Waals surface area contributed by atoms with E-state index >= 15 is 0 Å². The van der Waals surface area contributed by atoms with Gasteiger partial charge in [-0.3, -0.25) is 4.79 Å². The molecule has 3 aromatic carbocycles. The van der Waals surface area contributed by atoms with E-state index in [1.165, 1.54) is 11.1 Å². The predicted molar refractivity (Wildman–Crippen MR) is 135 cm³/mol. The summed E-state index contributed by atoms with van der Waals surface area (Å²) in [5.74, 6) is 2.49. The first kappa shape index (κ1) is 23.4. The minimum Gasteiger partial charge on any atom is -0.497 e. The van der Waals surface area contributed by atoms with Crippen LogP contribution in [-0.2, 0) is 13.0 Å². The molecule has 0 fully saturated rings. The molecule has 34 heavy (non-hydrogen) atoms. The van der Waals surface area contributed by atoms with E-state index in [-0.39, 0.29) is 5.91 Å². The Hall–Kier alpha value is -3.80. The van der Waals surface area contributed by atoms with Crippen molar-refractivity contribution in [1.29, 1.82) is 0 Å². The summed E-state index contributed by atoms with van der Waals surface area (Å²) < 4.78 is 13.4. The van der Waals surface area contributed by atoms with Gasteiger partial charge < -0.3 is 19.4 Å². The van der Waals surface area contributed by atoms with Gasteiger partial charge in [0.25, 0.3) is 5.91 Å². The number of nitrogens with one attached hydrogen (secondary N) is 1. The number of hydrogen-bond acceptors (Lipinski definition) is 4. The Balaban J connectivity index is 1.36. The quantitative estimate of drug-likeness (QED) is 0.336. The average Bonchev–Trinajstić information content (AvgIpc) is 3.21. The minimum atomic E-state index is -0.105. The number of fused-ring (bicyclic) bond motifs is 1. The Morgan fingerprint density at radius 1 is 0.971 bits per heavy atom. The second kappa shape index (κ2) is 10.9. The predicted octanol–water partition coefficient (Wildman–Crippen LogP) is 5.10. The van der Waals surface area contributed by atoms with E-state index in [0.29, 0.717) is 25.1 Å². The fraction of sp³-hybridized carbons (Fsp3) is 0.286. The molecule has 0 aliphatic rings. The average molecular weight is 458 g/mol. The van der Waals surface area contributed by atoms with Gasteiger partial charge in [0, 0.05) is 25.1 Å². The van der Waals surface area contributed by atoms with Crippen molar-refractivity contribution in [3.8, 4) is 11.5 Å². The highest BCUT2D eigenvalue weighted by Crippen LogP contribution is 2.19. The van der Waals surface area contributed by atoms with E-state index in [0.717, 1.165) is 41.3 Å². The van der Waals surface area contributed by atoms with E-state index in [9.17, 15) is 4.79 Å². The SMILES string of the molecule is COc1ccc(C(=O)NCCc2nc3ccccc3n2CCCOc2ccc(C)c(C)c2)cc1. The maximum atomic E-state index is 12.5. The van der Waals surface area contributed by atoms with Gasteiger partial charge in [-0.1, -0.05) is 18.2 Å². The van der Waals surface area contributed by atoms with Gasteiger partial charge in [-0.15, -0.1) is 0 Å². The van der Waals surface area contributed by atoms with E-state index in [1.54, 1.807) is 31.4 Å². The summed E-state index contributed by atoms with van der Waals surface area (Å²) in [6, 6.07) is 21.4. The molecule has 0 spiro atoms. The largest absolute Gasteiger partial charge is 0.497 e. The minimum absolute atomic E-state index is 0.105. The molecular formula is C28H31N3O3. The van der Waals surface area contributed by atoms with Crippen molar-refractivity contribution < 1.29 is 14.3 Å². The standard InChI is InChI=1S/C28H31N3O3/c1-20-9-12-24(19-21(20)2)34-18-6-17-31-26-8-5-4-7-25(26)30-27(31)15-16-29-28(32)22-10-13-23(33-3)14-11-22/h4-5,7-14,19H,6,15-18H2,1-3H3,(H,29,32). The lowest BCUT2D eigenvalue weighted by molar-refractivity contribution is 0.0954. The topological polar surface area (TPSA) is 65.4 Å². The molecule has 6 heteroatoms. The number of hydrogen-bond donors (Lipinski definition) is 1. The van der Waals surface area contributed by atoms with Crippen LogP contribution in [0, 0.1) is 13.8 Å². The molecule has 4 aromatic rings. The van der Waals surface area contributed by atoms with Gasteiger partial charge in [-0.25, -0.2) is 4.98 Å². The molecule has 1 heterocycles. The number of imidazole rings is 1. The molecule has 0 saturated carbocycles. The summed E-state index contributed by atoms with van der Waals surface area (Å²) in [7, 11) is 1.61. The lowest BCUT2D eigenvalue weighted by Crippen LogP contribution is -2.26. The molecular weight excluding hydrogens is 426 g/mol. The molecule has 0 aliphatic heterocycles. The molecule has 0 unspecified atom stereocenters. The van der Waals surface area contributed by atoms with Crippen molar-refractivity contribution in [2.24, 2.45) is 0 Å². The van der Waals surface area contributed by atoms with E-state index in [1.807, 2.05) is 24.3 Å². The Kier molecular flexibility index (Phi) is 7.48. The number of methoxy groups -OCH3 is 1. The summed E-state index contributed by atoms with van der Waals surface area (Å²) in [6.45, 7) is 6.13. The fourth-order valence-corrected chi connectivity index (χ4v) is 3.91. The number of aromatic nitrogens is 2. The highest BCUT2D eigenvalue weighted by atomic mass is 16.5. The highest BCUT2D eigenvalue weighted by Gasteiger charge is 2.12. The van der Waals surface area contributed by atoms with Crippen molar-refractivity contribution in [1.82, 2.24) is 14.9 Å². The van der Waals surface area contributed by atoms with Crippen LogP contribution in [0.2, 0.25) is 0 Å². The van der Waals surface area contributed by atoms with E-state index < -0.39 is 0 Å². The number of nitrogens with zero attached hydrogens (tertiary/aromatic N) is 2. The van der Waals surface area contributed by atoms with Gasteiger partial charge in [-0.2, -0.15) is 0 Å². The summed E-state index contributed by atoms with van der Waals surface area (Å²) in [5, 5.41) is 3.00. The van der Waals surface area contributed by atoms with Crippen LogP contribution < -0.4 is 14.8 Å². The smallest absolute Gasteiger partial charge is 0.251 e. The maximum absolute atomic E-state index is 12.5. The van der Waals surface area contributed by atoms with Gasteiger partial charge in [-0.05, 0) is 79.9 Å². The molecule has 1 aromatic heterocycles. The monoisotopic (exact) mass is 457 g/mol. The van der Waals surface area contributed by atoms with Gasteiger partial charge >= 0.3 is 0 Å². The number of amides is 1. The number of carbonyl (C=O) groups is 1. The Morgan fingerprint density at radius 3 is 2.50 bits per heavy atom. The molecule has 0 radical (unpaired) electrons. The zero-order chi connectivity index (χ0) is 23.9. The summed E-state index contributed by atoms with van der Waals surface area (Å²) in [4.78, 5) is 17.3. The molecule has 0 atom stereocenters. The van der Waals surface area contributed by atoms with Crippen LogP contribution in [0.15, 0.2) is 66.7 Å². The first-order valence-corrected chi connectivity index (χ1v) is 11.6. The van der Waals surface area contributed by atoms with Gasteiger partial charge in [0.05, 0.1) is 24.8 Å². The zero-order valence-corrected chi connectivity index (χ0v) is 20.0. The molecule has 176 valence electrons. The molecule has 0 aliphatic carbocycles.